The molecule has 0 fully saturated rings. The van der Waals surface area contributed by atoms with E-state index in [1.807, 2.05) is 0 Å². The van der Waals surface area contributed by atoms with Crippen molar-refractivity contribution < 1.29 is 15.1 Å². The minimum atomic E-state index is -0.840. The lowest BCUT2D eigenvalue weighted by atomic mass is 10.2. The average molecular weight is 304 g/mol. The van der Waals surface area contributed by atoms with Crippen molar-refractivity contribution in [1.82, 2.24) is 0 Å². The Bertz CT molecular complexity index is 763. The maximum Gasteiger partial charge on any atom is 0.300 e. The first-order chi connectivity index (χ1) is 10.5. The first-order valence-electron chi connectivity index (χ1n) is 5.80. The SMILES string of the molecule is O=Nc1ccc(N(O)c2ccccc2[N+](=O)[O-])cc1[N+](=O)[O-]. The lowest BCUT2D eigenvalue weighted by molar-refractivity contribution is -0.384. The smallest absolute Gasteiger partial charge is 0.283 e. The molecule has 0 aliphatic rings. The second-order valence-corrected chi connectivity index (χ2v) is 4.08. The van der Waals surface area contributed by atoms with E-state index in [9.17, 15) is 30.3 Å². The quantitative estimate of drug-likeness (QED) is 0.507. The Kier molecular flexibility index (Phi) is 4.04. The lowest BCUT2D eigenvalue weighted by Crippen LogP contribution is -2.12. The molecule has 0 atom stereocenters. The summed E-state index contributed by atoms with van der Waals surface area (Å²) in [5.41, 5.74) is -1.71. The molecule has 0 unspecified atom stereocenters. The molecule has 0 saturated heterocycles. The van der Waals surface area contributed by atoms with Crippen LogP contribution < -0.4 is 5.06 Å². The van der Waals surface area contributed by atoms with Gasteiger partial charge in [0.05, 0.1) is 15.5 Å². The van der Waals surface area contributed by atoms with E-state index in [1.165, 1.54) is 30.3 Å². The largest absolute Gasteiger partial charge is 0.300 e. The lowest BCUT2D eigenvalue weighted by Gasteiger charge is -2.16. The number of anilines is 2. The van der Waals surface area contributed by atoms with Crippen molar-refractivity contribution in [3.8, 4) is 0 Å². The standard InChI is InChI=1S/C12H8N4O6/c17-13-9-6-5-8(7-12(9)16(21)22)14(18)10-3-1-2-4-11(10)15(19)20/h1-7,18H. The first-order valence-corrected chi connectivity index (χ1v) is 5.80. The molecule has 112 valence electrons. The fourth-order valence-electron chi connectivity index (χ4n) is 1.80. The van der Waals surface area contributed by atoms with Crippen LogP contribution in [0, 0.1) is 25.1 Å². The highest BCUT2D eigenvalue weighted by Crippen LogP contribution is 2.36. The molecule has 0 spiro atoms. The number of hydrogen-bond acceptors (Lipinski definition) is 8. The van der Waals surface area contributed by atoms with Crippen molar-refractivity contribution in [2.24, 2.45) is 5.18 Å². The minimum Gasteiger partial charge on any atom is -0.283 e. The Labute approximate surface area is 122 Å². The molecule has 0 radical (unpaired) electrons. The van der Waals surface area contributed by atoms with Crippen molar-refractivity contribution >= 4 is 28.4 Å². The van der Waals surface area contributed by atoms with Gasteiger partial charge in [-0.2, -0.15) is 0 Å². The summed E-state index contributed by atoms with van der Waals surface area (Å²) in [6.45, 7) is 0. The van der Waals surface area contributed by atoms with Gasteiger partial charge in [0.25, 0.3) is 5.69 Å². The molecule has 2 aromatic rings. The molecule has 2 aromatic carbocycles. The second kappa shape index (κ2) is 5.93. The molecular formula is C12H8N4O6. The third kappa shape index (κ3) is 2.71. The van der Waals surface area contributed by atoms with Gasteiger partial charge in [-0.3, -0.25) is 25.4 Å². The summed E-state index contributed by atoms with van der Waals surface area (Å²) < 4.78 is 0. The van der Waals surface area contributed by atoms with Crippen LogP contribution in [-0.4, -0.2) is 15.1 Å². The van der Waals surface area contributed by atoms with Gasteiger partial charge in [-0.1, -0.05) is 12.1 Å². The maximum absolute atomic E-state index is 10.9. The van der Waals surface area contributed by atoms with E-state index in [0.717, 1.165) is 12.1 Å². The maximum atomic E-state index is 10.9. The van der Waals surface area contributed by atoms with E-state index in [0.29, 0.717) is 5.06 Å². The highest BCUT2D eigenvalue weighted by molar-refractivity contribution is 5.73. The Morgan fingerprint density at radius 1 is 1.00 bits per heavy atom. The molecule has 10 nitrogen and oxygen atoms in total. The molecule has 0 aromatic heterocycles. The third-order valence-corrected chi connectivity index (χ3v) is 2.81. The minimum absolute atomic E-state index is 0.117. The van der Waals surface area contributed by atoms with Gasteiger partial charge in [0, 0.05) is 12.1 Å². The number of benzene rings is 2. The second-order valence-electron chi connectivity index (χ2n) is 4.08. The van der Waals surface area contributed by atoms with E-state index >= 15 is 0 Å². The van der Waals surface area contributed by atoms with Crippen LogP contribution in [0.1, 0.15) is 0 Å². The van der Waals surface area contributed by atoms with E-state index in [1.54, 1.807) is 0 Å². The zero-order valence-electron chi connectivity index (χ0n) is 10.8. The fourth-order valence-corrected chi connectivity index (χ4v) is 1.80. The number of nitrogens with zero attached hydrogens (tertiary/aromatic N) is 4. The number of hydrogen-bond donors (Lipinski definition) is 1. The average Bonchev–Trinajstić information content (AvgIpc) is 2.53. The van der Waals surface area contributed by atoms with Crippen LogP contribution in [0.3, 0.4) is 0 Å². The number of nitro groups is 2. The fraction of sp³-hybridized carbons (Fsp3) is 0. The summed E-state index contributed by atoms with van der Waals surface area (Å²) in [5, 5.41) is 34.8. The first kappa shape index (κ1) is 15.0. The zero-order valence-corrected chi connectivity index (χ0v) is 10.8. The van der Waals surface area contributed by atoms with Gasteiger partial charge in [-0.15, -0.1) is 4.91 Å². The predicted octanol–water partition coefficient (Wildman–Crippen LogP) is 3.43. The monoisotopic (exact) mass is 304 g/mol. The van der Waals surface area contributed by atoms with Gasteiger partial charge in [0.15, 0.2) is 5.69 Å². The molecule has 2 rings (SSSR count). The third-order valence-electron chi connectivity index (χ3n) is 2.81. The molecule has 0 heterocycles. The molecule has 0 aliphatic carbocycles. The number of para-hydroxylation sites is 2. The Balaban J connectivity index is 2.53. The summed E-state index contributed by atoms with van der Waals surface area (Å²) in [7, 11) is 0. The molecule has 22 heavy (non-hydrogen) atoms. The van der Waals surface area contributed by atoms with E-state index < -0.39 is 21.2 Å². The van der Waals surface area contributed by atoms with E-state index in [4.69, 9.17) is 0 Å². The molecule has 0 saturated carbocycles. The molecule has 0 aliphatic heterocycles. The summed E-state index contributed by atoms with van der Waals surface area (Å²) in [5.74, 6) is 0. The van der Waals surface area contributed by atoms with Crippen LogP contribution in [0.15, 0.2) is 47.6 Å². The highest BCUT2D eigenvalue weighted by atomic mass is 16.6. The van der Waals surface area contributed by atoms with E-state index in [-0.39, 0.29) is 17.1 Å². The number of nitro benzene ring substituents is 2. The van der Waals surface area contributed by atoms with Crippen molar-refractivity contribution in [3.05, 3.63) is 67.6 Å². The van der Waals surface area contributed by atoms with Crippen LogP contribution in [0.2, 0.25) is 0 Å². The summed E-state index contributed by atoms with van der Waals surface area (Å²) in [6, 6.07) is 8.44. The number of rotatable bonds is 5. The summed E-state index contributed by atoms with van der Waals surface area (Å²) in [6.07, 6.45) is 0. The molecule has 1 N–H and O–H groups in total. The Morgan fingerprint density at radius 3 is 2.23 bits per heavy atom. The summed E-state index contributed by atoms with van der Waals surface area (Å²) >= 11 is 0. The number of nitroso groups, excluding NO2 is 1. The molecule has 0 bridgehead atoms. The normalized spacial score (nSPS) is 10.0. The highest BCUT2D eigenvalue weighted by Gasteiger charge is 2.22. The van der Waals surface area contributed by atoms with Crippen LogP contribution >= 0.6 is 0 Å². The van der Waals surface area contributed by atoms with Gasteiger partial charge in [0.1, 0.15) is 5.69 Å². The van der Waals surface area contributed by atoms with Crippen molar-refractivity contribution in [3.63, 3.8) is 0 Å². The van der Waals surface area contributed by atoms with Crippen molar-refractivity contribution in [2.75, 3.05) is 5.06 Å². The van der Waals surface area contributed by atoms with Crippen LogP contribution in [-0.2, 0) is 0 Å². The van der Waals surface area contributed by atoms with Crippen LogP contribution in [0.4, 0.5) is 28.4 Å². The van der Waals surface area contributed by atoms with Gasteiger partial charge < -0.3 is 0 Å². The molecule has 10 heteroatoms. The van der Waals surface area contributed by atoms with Crippen LogP contribution in [0.25, 0.3) is 0 Å². The Hall–Kier alpha value is -3.40. The van der Waals surface area contributed by atoms with Crippen LogP contribution in [0.5, 0.6) is 0 Å². The topological polar surface area (TPSA) is 139 Å². The van der Waals surface area contributed by atoms with Crippen molar-refractivity contribution in [2.45, 2.75) is 0 Å². The zero-order chi connectivity index (χ0) is 16.3. The Morgan fingerprint density at radius 2 is 1.64 bits per heavy atom. The molecular weight excluding hydrogens is 296 g/mol. The summed E-state index contributed by atoms with van der Waals surface area (Å²) in [4.78, 5) is 30.8. The van der Waals surface area contributed by atoms with Gasteiger partial charge in [0.2, 0.25) is 0 Å². The predicted molar refractivity (Wildman–Crippen MR) is 75.6 cm³/mol. The van der Waals surface area contributed by atoms with Gasteiger partial charge in [-0.05, 0) is 23.4 Å². The molecule has 0 amide bonds. The van der Waals surface area contributed by atoms with E-state index in [2.05, 4.69) is 5.18 Å². The van der Waals surface area contributed by atoms with Crippen molar-refractivity contribution in [1.29, 1.82) is 0 Å². The van der Waals surface area contributed by atoms with Gasteiger partial charge in [-0.25, -0.2) is 5.06 Å². The van der Waals surface area contributed by atoms with Gasteiger partial charge >= 0.3 is 5.69 Å².